The van der Waals surface area contributed by atoms with Gasteiger partial charge in [-0.25, -0.2) is 4.98 Å². The maximum Gasteiger partial charge on any atom is 0.416 e. The van der Waals surface area contributed by atoms with E-state index in [-0.39, 0.29) is 30.3 Å². The molecule has 0 fully saturated rings. The zero-order valence-electron chi connectivity index (χ0n) is 23.7. The van der Waals surface area contributed by atoms with Crippen molar-refractivity contribution in [1.82, 2.24) is 4.98 Å². The van der Waals surface area contributed by atoms with Gasteiger partial charge in [-0.05, 0) is 62.1 Å². The highest BCUT2D eigenvalue weighted by molar-refractivity contribution is 6.33. The molecule has 42 heavy (non-hydrogen) atoms. The summed E-state index contributed by atoms with van der Waals surface area (Å²) in [5, 5.41) is 13.3. The number of alkyl halides is 6. The Morgan fingerprint density at radius 3 is 2.00 bits per heavy atom. The molecule has 1 atom stereocenters. The standard InChI is InChI=1S/C30H32ClF6N3O2/c1-17(2)10-21(16-41)39-26-14-23(22-8-6-7-9-24(22)31)25(15-38-26)40(5)27(42)28(3,4)18-11-19(29(32,33)34)13-20(12-18)30(35,36)37/h6-9,11-15,17,21,41H,10,16H2,1-5H3,(H,38,39). The number of pyridine rings is 1. The van der Waals surface area contributed by atoms with Gasteiger partial charge in [0.1, 0.15) is 5.82 Å². The van der Waals surface area contributed by atoms with Gasteiger partial charge >= 0.3 is 12.4 Å². The summed E-state index contributed by atoms with van der Waals surface area (Å²) >= 11 is 6.48. The Balaban J connectivity index is 2.12. The molecule has 3 rings (SSSR count). The van der Waals surface area contributed by atoms with Gasteiger partial charge in [0, 0.05) is 23.2 Å². The van der Waals surface area contributed by atoms with Gasteiger partial charge in [0.15, 0.2) is 0 Å². The smallest absolute Gasteiger partial charge is 0.394 e. The van der Waals surface area contributed by atoms with Crippen LogP contribution < -0.4 is 10.2 Å². The summed E-state index contributed by atoms with van der Waals surface area (Å²) in [7, 11) is 1.36. The van der Waals surface area contributed by atoms with E-state index in [4.69, 9.17) is 11.6 Å². The second kappa shape index (κ2) is 12.5. The highest BCUT2D eigenvalue weighted by Crippen LogP contribution is 2.41. The number of anilines is 2. The third-order valence-corrected chi connectivity index (χ3v) is 7.21. The molecule has 3 aromatic rings. The summed E-state index contributed by atoms with van der Waals surface area (Å²) in [4.78, 5) is 19.4. The molecule has 0 aliphatic rings. The lowest BCUT2D eigenvalue weighted by Gasteiger charge is -2.32. The molecule has 1 aromatic heterocycles. The van der Waals surface area contributed by atoms with Gasteiger partial charge in [-0.3, -0.25) is 4.79 Å². The van der Waals surface area contributed by atoms with Gasteiger partial charge < -0.3 is 15.3 Å². The van der Waals surface area contributed by atoms with Crippen molar-refractivity contribution in [3.63, 3.8) is 0 Å². The Labute approximate surface area is 245 Å². The second-order valence-corrected chi connectivity index (χ2v) is 11.4. The fraction of sp³-hybridized carbons (Fsp3) is 0.400. The zero-order valence-corrected chi connectivity index (χ0v) is 24.4. The summed E-state index contributed by atoms with van der Waals surface area (Å²) in [6.07, 6.45) is -8.11. The van der Waals surface area contributed by atoms with Gasteiger partial charge in [-0.1, -0.05) is 43.6 Å². The highest BCUT2D eigenvalue weighted by atomic mass is 35.5. The van der Waals surface area contributed by atoms with Gasteiger partial charge in [0.2, 0.25) is 5.91 Å². The quantitative estimate of drug-likeness (QED) is 0.238. The number of hydrogen-bond donors (Lipinski definition) is 2. The SMILES string of the molecule is CC(C)CC(CO)Nc1cc(-c2ccccc2Cl)c(N(C)C(=O)C(C)(C)c2cc(C(F)(F)F)cc(C(F)(F)F)c2)cn1. The van der Waals surface area contributed by atoms with E-state index < -0.39 is 40.4 Å². The minimum atomic E-state index is -5.06. The first-order valence-electron chi connectivity index (χ1n) is 13.1. The van der Waals surface area contributed by atoms with Crippen LogP contribution in [0, 0.1) is 5.92 Å². The lowest BCUT2D eigenvalue weighted by atomic mass is 9.81. The van der Waals surface area contributed by atoms with E-state index in [9.17, 15) is 36.2 Å². The van der Waals surface area contributed by atoms with Crippen molar-refractivity contribution >= 4 is 29.0 Å². The number of hydrogen-bond acceptors (Lipinski definition) is 4. The van der Waals surface area contributed by atoms with E-state index in [0.717, 1.165) is 4.90 Å². The van der Waals surface area contributed by atoms with Gasteiger partial charge in [-0.2, -0.15) is 26.3 Å². The first-order valence-corrected chi connectivity index (χ1v) is 13.4. The number of nitrogens with zero attached hydrogens (tertiary/aromatic N) is 2. The lowest BCUT2D eigenvalue weighted by molar-refractivity contribution is -0.143. The number of likely N-dealkylation sites (N-methyl/N-ethyl adjacent to an activating group) is 1. The van der Waals surface area contributed by atoms with Crippen molar-refractivity contribution < 1.29 is 36.2 Å². The number of carbonyl (C=O) groups excluding carboxylic acids is 1. The van der Waals surface area contributed by atoms with Crippen LogP contribution in [0.2, 0.25) is 5.02 Å². The number of rotatable bonds is 9. The third-order valence-electron chi connectivity index (χ3n) is 6.89. The van der Waals surface area contributed by atoms with E-state index in [0.29, 0.717) is 40.5 Å². The maximum absolute atomic E-state index is 13.8. The van der Waals surface area contributed by atoms with Crippen LogP contribution in [0.3, 0.4) is 0 Å². The number of nitrogens with one attached hydrogen (secondary N) is 1. The van der Waals surface area contributed by atoms with E-state index in [1.165, 1.54) is 27.1 Å². The molecule has 0 spiro atoms. The first-order chi connectivity index (χ1) is 19.4. The molecule has 12 heteroatoms. The molecule has 0 radical (unpaired) electrons. The topological polar surface area (TPSA) is 65.5 Å². The lowest BCUT2D eigenvalue weighted by Crippen LogP contribution is -2.42. The Morgan fingerprint density at radius 1 is 0.952 bits per heavy atom. The van der Waals surface area contributed by atoms with Crippen molar-refractivity contribution in [2.75, 3.05) is 23.9 Å². The Bertz CT molecular complexity index is 1390. The highest BCUT2D eigenvalue weighted by Gasteiger charge is 2.41. The number of aliphatic hydroxyl groups is 1. The molecular weight excluding hydrogens is 584 g/mol. The van der Waals surface area contributed by atoms with Crippen molar-refractivity contribution in [1.29, 1.82) is 0 Å². The zero-order chi connectivity index (χ0) is 31.6. The molecule has 1 unspecified atom stereocenters. The number of carbonyl (C=O) groups is 1. The molecular formula is C30H32ClF6N3O2. The Kier molecular flexibility index (Phi) is 9.89. The van der Waals surface area contributed by atoms with Crippen LogP contribution in [0.25, 0.3) is 11.1 Å². The van der Waals surface area contributed by atoms with Crippen LogP contribution >= 0.6 is 11.6 Å². The van der Waals surface area contributed by atoms with Crippen LogP contribution in [0.5, 0.6) is 0 Å². The number of amides is 1. The van der Waals surface area contributed by atoms with Crippen LogP contribution in [0.4, 0.5) is 37.8 Å². The van der Waals surface area contributed by atoms with Gasteiger partial charge in [-0.15, -0.1) is 0 Å². The number of benzene rings is 2. The molecule has 2 N–H and O–H groups in total. The van der Waals surface area contributed by atoms with Crippen molar-refractivity contribution in [3.8, 4) is 11.1 Å². The fourth-order valence-corrected chi connectivity index (χ4v) is 4.85. The summed E-state index contributed by atoms with van der Waals surface area (Å²) in [6.45, 7) is 6.36. The molecule has 0 aliphatic carbocycles. The van der Waals surface area contributed by atoms with Crippen molar-refractivity contribution in [2.45, 2.75) is 57.9 Å². The first kappa shape index (κ1) is 33.2. The summed E-state index contributed by atoms with van der Waals surface area (Å²) in [5.41, 5.74) is -4.12. The molecule has 0 bridgehead atoms. The third kappa shape index (κ3) is 7.55. The fourth-order valence-electron chi connectivity index (χ4n) is 4.61. The number of aromatic nitrogens is 1. The number of halogens is 7. The molecule has 228 valence electrons. The molecule has 0 aliphatic heterocycles. The van der Waals surface area contributed by atoms with Crippen molar-refractivity contribution in [2.24, 2.45) is 5.92 Å². The van der Waals surface area contributed by atoms with Crippen molar-refractivity contribution in [3.05, 3.63) is 76.4 Å². The van der Waals surface area contributed by atoms with E-state index in [1.807, 2.05) is 13.8 Å². The predicted molar refractivity (Wildman–Crippen MR) is 152 cm³/mol. The molecule has 1 heterocycles. The van der Waals surface area contributed by atoms with E-state index >= 15 is 0 Å². The second-order valence-electron chi connectivity index (χ2n) is 11.0. The minimum absolute atomic E-state index is 0.0257. The summed E-state index contributed by atoms with van der Waals surface area (Å²) in [6, 6.07) is 9.23. The monoisotopic (exact) mass is 615 g/mol. The van der Waals surface area contributed by atoms with Crippen LogP contribution in [-0.4, -0.2) is 35.7 Å². The van der Waals surface area contributed by atoms with Gasteiger partial charge in [0.25, 0.3) is 0 Å². The van der Waals surface area contributed by atoms with Crippen LogP contribution in [-0.2, 0) is 22.6 Å². The Hall–Kier alpha value is -3.31. The van der Waals surface area contributed by atoms with E-state index in [2.05, 4.69) is 10.3 Å². The molecule has 0 saturated heterocycles. The minimum Gasteiger partial charge on any atom is -0.394 e. The molecule has 1 amide bonds. The number of aliphatic hydroxyl groups excluding tert-OH is 1. The predicted octanol–water partition coefficient (Wildman–Crippen LogP) is 8.20. The van der Waals surface area contributed by atoms with Crippen LogP contribution in [0.15, 0.2) is 54.7 Å². The average molecular weight is 616 g/mol. The molecule has 5 nitrogen and oxygen atoms in total. The maximum atomic E-state index is 13.8. The molecule has 0 saturated carbocycles. The largest absolute Gasteiger partial charge is 0.416 e. The van der Waals surface area contributed by atoms with Gasteiger partial charge in [0.05, 0.1) is 41.1 Å². The van der Waals surface area contributed by atoms with E-state index in [1.54, 1.807) is 30.3 Å². The summed E-state index contributed by atoms with van der Waals surface area (Å²) < 4.78 is 81.3. The van der Waals surface area contributed by atoms with Crippen LogP contribution in [0.1, 0.15) is 50.8 Å². The Morgan fingerprint density at radius 2 is 1.50 bits per heavy atom. The molecule has 2 aromatic carbocycles. The summed E-state index contributed by atoms with van der Waals surface area (Å²) in [5.74, 6) is -0.128. The normalized spacial score (nSPS) is 13.3. The average Bonchev–Trinajstić information content (AvgIpc) is 2.90.